The maximum Gasteiger partial charge on any atom is 0.426 e. The van der Waals surface area contributed by atoms with E-state index in [0.29, 0.717) is 38.5 Å². The molecule has 0 aliphatic heterocycles. The molecule has 0 aliphatic carbocycles. The fourth-order valence-electron chi connectivity index (χ4n) is 12.1. The number of carbonyl (C=O) groups is 12. The van der Waals surface area contributed by atoms with Gasteiger partial charge in [-0.3, -0.25) is 102 Å². The van der Waals surface area contributed by atoms with Crippen LogP contribution in [0.2, 0.25) is 0 Å². The highest BCUT2D eigenvalue weighted by atomic mass is 16.6. The van der Waals surface area contributed by atoms with Gasteiger partial charge in [0.2, 0.25) is 23.6 Å². The van der Waals surface area contributed by atoms with E-state index in [2.05, 4.69) is 107 Å². The Labute approximate surface area is 710 Å². The molecule has 32 heteroatoms. The third-order valence-corrected chi connectivity index (χ3v) is 18.5. The van der Waals surface area contributed by atoms with Crippen LogP contribution >= 0.6 is 0 Å². The van der Waals surface area contributed by atoms with Crippen molar-refractivity contribution in [2.75, 3.05) is 39.6 Å². The van der Waals surface area contributed by atoms with Gasteiger partial charge in [-0.2, -0.15) is 0 Å². The van der Waals surface area contributed by atoms with Crippen LogP contribution in [-0.2, 0) is 28.7 Å². The first-order valence-electron chi connectivity index (χ1n) is 43.8. The Kier molecular flexibility index (Phi) is 52.9. The molecule has 0 saturated heterocycles. The Bertz CT molecular complexity index is 3410. The molecule has 12 N–H and O–H groups in total. The minimum Gasteiger partial charge on any atom is -0.493 e. The van der Waals surface area contributed by atoms with Crippen LogP contribution in [0.3, 0.4) is 0 Å². The average molecular weight is 1690 g/mol. The molecule has 0 aromatic heterocycles. The third-order valence-electron chi connectivity index (χ3n) is 18.5. The molecular formula is C88H142N12O20. The maximum atomic E-state index is 14.4. The van der Waals surface area contributed by atoms with E-state index in [1.807, 2.05) is 0 Å². The van der Waals surface area contributed by atoms with Crippen molar-refractivity contribution in [2.24, 2.45) is 0 Å². The van der Waals surface area contributed by atoms with Gasteiger partial charge in [0.25, 0.3) is 35.4 Å². The predicted molar refractivity (Wildman–Crippen MR) is 458 cm³/mol. The number of unbranched alkanes of at least 4 members (excludes halogenated alkanes) is 30. The lowest BCUT2D eigenvalue weighted by Crippen LogP contribution is -2.47. The summed E-state index contributed by atoms with van der Waals surface area (Å²) in [5, 5.41) is 0. The summed E-state index contributed by atoms with van der Waals surface area (Å²) >= 11 is 0. The van der Waals surface area contributed by atoms with E-state index in [4.69, 9.17) is 37.9 Å². The summed E-state index contributed by atoms with van der Waals surface area (Å²) < 4.78 is 47.7. The van der Waals surface area contributed by atoms with Crippen LogP contribution in [0.5, 0.6) is 34.5 Å². The highest BCUT2D eigenvalue weighted by Crippen LogP contribution is 2.34. The molecule has 0 aliphatic rings. The lowest BCUT2D eigenvalue weighted by Gasteiger charge is -2.20. The van der Waals surface area contributed by atoms with Gasteiger partial charge in [0, 0.05) is 18.2 Å². The van der Waals surface area contributed by atoms with Gasteiger partial charge < -0.3 is 37.9 Å². The molecule has 0 spiro atoms. The topological polar surface area (TPSA) is 423 Å². The second-order valence-electron chi connectivity index (χ2n) is 31.8. The van der Waals surface area contributed by atoms with Crippen LogP contribution in [-0.4, -0.2) is 122 Å². The molecule has 0 unspecified atom stereocenters. The summed E-state index contributed by atoms with van der Waals surface area (Å²) in [5.74, 6) is -9.98. The van der Waals surface area contributed by atoms with Crippen LogP contribution in [0, 0.1) is 0 Å². The van der Waals surface area contributed by atoms with E-state index in [0.717, 1.165) is 199 Å². The van der Waals surface area contributed by atoms with Crippen molar-refractivity contribution in [1.29, 1.82) is 0 Å². The number of rotatable bonds is 58. The second kappa shape index (κ2) is 61.1. The SMILES string of the molecule is CCCCCCCCOc1cc(OCCCCCCCC)c(C(=O)NNC(=O)CC(=O)NNC(=O)c2cc(C(=O)NNC(=O)OC(C)(C)C)c(OCCCCCCCC)cc2OCCCCCCCC)cc1C(=O)NNC(=O)CC(=O)NNC(=O)c1cc(C(=O)NNC(=O)OC(C)(C)C)c(OCCCCCCCC)cc1OCCCCCCCC. The van der Waals surface area contributed by atoms with Crippen molar-refractivity contribution < 1.29 is 95.4 Å². The minimum atomic E-state index is -1.07. The number of carbonyl (C=O) groups excluding carboxylic acids is 12. The fraction of sp³-hybridized carbons (Fsp3) is 0.659. The second-order valence-corrected chi connectivity index (χ2v) is 31.8. The zero-order chi connectivity index (χ0) is 88.4. The third kappa shape index (κ3) is 45.8. The smallest absolute Gasteiger partial charge is 0.426 e. The quantitative estimate of drug-likeness (QED) is 0.0142. The number of hydrogen-bond donors (Lipinski definition) is 12. The molecule has 3 rings (SSSR count). The molecule has 3 aromatic rings. The molecule has 32 nitrogen and oxygen atoms in total. The minimum absolute atomic E-state index is 0.00992. The summed E-state index contributed by atoms with van der Waals surface area (Å²) in [6, 6.07) is 7.64. The maximum absolute atomic E-state index is 14.4. The lowest BCUT2D eigenvalue weighted by atomic mass is 10.1. The monoisotopic (exact) mass is 1690 g/mol. The van der Waals surface area contributed by atoms with Gasteiger partial charge in [-0.1, -0.05) is 234 Å². The van der Waals surface area contributed by atoms with Gasteiger partial charge in [-0.25, -0.2) is 20.4 Å². The van der Waals surface area contributed by atoms with Crippen LogP contribution in [0.15, 0.2) is 36.4 Å². The molecule has 12 amide bonds. The molecule has 0 saturated carbocycles. The number of hydrazine groups is 6. The first kappa shape index (κ1) is 104. The van der Waals surface area contributed by atoms with Crippen molar-refractivity contribution in [1.82, 2.24) is 65.1 Å². The van der Waals surface area contributed by atoms with Crippen LogP contribution in [0.25, 0.3) is 0 Å². The van der Waals surface area contributed by atoms with E-state index in [9.17, 15) is 57.5 Å². The first-order chi connectivity index (χ1) is 57.6. The standard InChI is InChI=1S/C88H142N12O20/c1-13-19-25-31-37-43-49-113-69-58-70(114-50-44-38-32-26-20-14-2)64(80(106)94-90-76(102)62-78(104)92-96-82(108)66-57-68(84(110)98-100-86(112)120-88(10,11)12)74(118-54-48-42-36-30-24-18-6)60-72(66)116-52-46-40-34-28-22-16-4)55-63(69)79(105)93-89-75(101)61-77(103)91-95-81(107)65-56-67(83(109)97-99-85(111)119-87(7,8)9)73(117-53-47-41-35-29-23-17-5)59-71(65)115-51-45-39-33-27-21-15-3/h55-60H,13-54,61-62H2,1-12H3,(H,89,101)(H,90,102)(H,91,103)(H,92,104)(H,93,105)(H,94,106)(H,95,107)(H,96,108)(H,97,109)(H,98,110)(H,99,111)(H,100,112). The number of ether oxygens (including phenoxy) is 8. The average Bonchev–Trinajstić information content (AvgIpc) is 0.814. The summed E-state index contributed by atoms with van der Waals surface area (Å²) in [6.07, 6.45) is 29.6. The number of nitrogens with one attached hydrogen (secondary N) is 12. The van der Waals surface area contributed by atoms with Gasteiger partial charge in [-0.15, -0.1) is 0 Å². The molecular weight excluding hydrogens is 1550 g/mol. The summed E-state index contributed by atoms with van der Waals surface area (Å²) in [6.45, 7) is 23.6. The fourth-order valence-corrected chi connectivity index (χ4v) is 12.1. The summed E-state index contributed by atoms with van der Waals surface area (Å²) in [5.41, 5.74) is 23.7. The molecule has 0 heterocycles. The van der Waals surface area contributed by atoms with E-state index in [1.165, 1.54) is 30.3 Å². The van der Waals surface area contributed by atoms with E-state index in [-0.39, 0.29) is 108 Å². The van der Waals surface area contributed by atoms with Crippen molar-refractivity contribution >= 4 is 71.3 Å². The van der Waals surface area contributed by atoms with Crippen molar-refractivity contribution in [2.45, 2.75) is 338 Å². The Morgan fingerprint density at radius 2 is 0.375 bits per heavy atom. The summed E-state index contributed by atoms with van der Waals surface area (Å²) in [7, 11) is 0. The van der Waals surface area contributed by atoms with Crippen molar-refractivity contribution in [3.05, 3.63) is 69.8 Å². The summed E-state index contributed by atoms with van der Waals surface area (Å²) in [4.78, 5) is 164. The van der Waals surface area contributed by atoms with Gasteiger partial charge in [0.1, 0.15) is 58.5 Å². The normalized spacial score (nSPS) is 11.0. The largest absolute Gasteiger partial charge is 0.493 e. The van der Waals surface area contributed by atoms with Crippen molar-refractivity contribution in [3.8, 4) is 34.5 Å². The Morgan fingerprint density at radius 1 is 0.217 bits per heavy atom. The number of hydrogen-bond acceptors (Lipinski definition) is 20. The van der Waals surface area contributed by atoms with Gasteiger partial charge >= 0.3 is 12.2 Å². The highest BCUT2D eigenvalue weighted by molar-refractivity contribution is 6.08. The molecule has 0 atom stereocenters. The molecule has 3 aromatic carbocycles. The van der Waals surface area contributed by atoms with E-state index < -0.39 is 95.3 Å². The molecule has 0 fully saturated rings. The van der Waals surface area contributed by atoms with E-state index >= 15 is 0 Å². The Balaban J connectivity index is 1.95. The number of benzene rings is 3. The molecule has 0 radical (unpaired) electrons. The highest BCUT2D eigenvalue weighted by Gasteiger charge is 2.29. The zero-order valence-electron chi connectivity index (χ0n) is 73.7. The van der Waals surface area contributed by atoms with Gasteiger partial charge in [0.15, 0.2) is 0 Å². The van der Waals surface area contributed by atoms with E-state index in [1.54, 1.807) is 41.5 Å². The van der Waals surface area contributed by atoms with Crippen molar-refractivity contribution in [3.63, 3.8) is 0 Å². The van der Waals surface area contributed by atoms with Gasteiger partial charge in [-0.05, 0) is 98.3 Å². The Morgan fingerprint density at radius 3 is 0.542 bits per heavy atom. The zero-order valence-corrected chi connectivity index (χ0v) is 73.7. The van der Waals surface area contributed by atoms with Crippen LogP contribution in [0.1, 0.15) is 389 Å². The molecule has 0 bridgehead atoms. The molecule has 674 valence electrons. The lowest BCUT2D eigenvalue weighted by molar-refractivity contribution is -0.131. The predicted octanol–water partition coefficient (Wildman–Crippen LogP) is 15.7. The first-order valence-corrected chi connectivity index (χ1v) is 43.8. The van der Waals surface area contributed by atoms with Crippen LogP contribution in [0.4, 0.5) is 9.59 Å². The Hall–Kier alpha value is -10.3. The van der Waals surface area contributed by atoms with Gasteiger partial charge in [0.05, 0.1) is 73.0 Å². The molecule has 120 heavy (non-hydrogen) atoms. The van der Waals surface area contributed by atoms with Crippen LogP contribution < -0.4 is 93.5 Å². The number of amides is 12.